The van der Waals surface area contributed by atoms with Crippen molar-refractivity contribution in [1.29, 1.82) is 5.26 Å². The Labute approximate surface area is 80.2 Å². The van der Waals surface area contributed by atoms with Crippen LogP contribution in [0.1, 0.15) is 40.5 Å². The zero-order valence-corrected chi connectivity index (χ0v) is 8.85. The molecule has 0 saturated carbocycles. The fourth-order valence-electron chi connectivity index (χ4n) is 1.62. The van der Waals surface area contributed by atoms with Gasteiger partial charge in [0.1, 0.15) is 6.07 Å². The molecule has 0 aromatic heterocycles. The minimum Gasteiger partial charge on any atom is -0.477 e. The van der Waals surface area contributed by atoms with Gasteiger partial charge in [-0.15, -0.1) is 0 Å². The van der Waals surface area contributed by atoms with Crippen LogP contribution in [-0.2, 0) is 4.74 Å². The molecule has 0 N–H and O–H groups in total. The average molecular weight is 179 g/mol. The molecule has 1 rings (SSSR count). The lowest BCUT2D eigenvalue weighted by Gasteiger charge is -2.41. The minimum atomic E-state index is -0.633. The van der Waals surface area contributed by atoms with E-state index in [1.54, 1.807) is 0 Å². The van der Waals surface area contributed by atoms with E-state index in [9.17, 15) is 5.26 Å². The lowest BCUT2D eigenvalue weighted by Crippen LogP contribution is -2.45. The van der Waals surface area contributed by atoms with Crippen molar-refractivity contribution in [1.82, 2.24) is 0 Å². The zero-order chi connectivity index (χ0) is 10.1. The number of hydrogen-bond acceptors (Lipinski definition) is 2. The van der Waals surface area contributed by atoms with Gasteiger partial charge in [0.25, 0.3) is 0 Å². The van der Waals surface area contributed by atoms with E-state index in [-0.39, 0.29) is 5.41 Å². The third-order valence-electron chi connectivity index (χ3n) is 2.66. The normalized spacial score (nSPS) is 28.7. The molecule has 0 spiro atoms. The van der Waals surface area contributed by atoms with Crippen molar-refractivity contribution in [2.24, 2.45) is 5.41 Å². The Hall–Kier alpha value is -0.970. The van der Waals surface area contributed by atoms with Gasteiger partial charge in [0, 0.05) is 11.8 Å². The Bertz CT molecular complexity index is 267. The maximum atomic E-state index is 9.19. The summed E-state index contributed by atoms with van der Waals surface area (Å²) in [6, 6.07) is 2.32. The molecule has 0 aromatic carbocycles. The molecule has 0 fully saturated rings. The summed E-state index contributed by atoms with van der Waals surface area (Å²) >= 11 is 0. The molecule has 2 heteroatoms. The van der Waals surface area contributed by atoms with Crippen LogP contribution in [0.15, 0.2) is 11.8 Å². The summed E-state index contributed by atoms with van der Waals surface area (Å²) in [5.74, 6) is 0.878. The van der Waals surface area contributed by atoms with E-state index in [2.05, 4.69) is 26.8 Å². The molecular weight excluding hydrogens is 162 g/mol. The van der Waals surface area contributed by atoms with Crippen molar-refractivity contribution >= 4 is 0 Å². The van der Waals surface area contributed by atoms with E-state index in [1.807, 2.05) is 13.0 Å². The highest BCUT2D eigenvalue weighted by Crippen LogP contribution is 2.41. The standard InChI is InChI=1S/C11H17NO/c1-9-6-5-7-11(8-12,13-9)10(2,3)4/h6H,5,7H2,1-4H3. The number of nitrogens with zero attached hydrogens (tertiary/aromatic N) is 1. The predicted molar refractivity (Wildman–Crippen MR) is 51.9 cm³/mol. The van der Waals surface area contributed by atoms with Gasteiger partial charge in [-0.1, -0.05) is 20.8 Å². The topological polar surface area (TPSA) is 33.0 Å². The molecule has 0 radical (unpaired) electrons. The van der Waals surface area contributed by atoms with Gasteiger partial charge in [-0.25, -0.2) is 0 Å². The third kappa shape index (κ3) is 1.70. The van der Waals surface area contributed by atoms with Gasteiger partial charge in [0.05, 0.1) is 5.76 Å². The first-order chi connectivity index (χ1) is 5.91. The average Bonchev–Trinajstić information content (AvgIpc) is 2.02. The zero-order valence-electron chi connectivity index (χ0n) is 8.85. The van der Waals surface area contributed by atoms with Gasteiger partial charge in [0.15, 0.2) is 5.60 Å². The molecule has 0 bridgehead atoms. The second-order valence-electron chi connectivity index (χ2n) is 4.64. The maximum absolute atomic E-state index is 9.19. The summed E-state index contributed by atoms with van der Waals surface area (Å²) in [6.45, 7) is 8.06. The quantitative estimate of drug-likeness (QED) is 0.572. The molecule has 13 heavy (non-hydrogen) atoms. The molecule has 0 saturated heterocycles. The van der Waals surface area contributed by atoms with Crippen LogP contribution in [0.5, 0.6) is 0 Å². The van der Waals surface area contributed by atoms with Crippen molar-refractivity contribution in [2.45, 2.75) is 46.1 Å². The first-order valence-electron chi connectivity index (χ1n) is 4.68. The van der Waals surface area contributed by atoms with E-state index in [1.165, 1.54) is 0 Å². The molecular formula is C11H17NO. The number of allylic oxidation sites excluding steroid dienone is 2. The van der Waals surface area contributed by atoms with E-state index in [0.717, 1.165) is 18.6 Å². The summed E-state index contributed by atoms with van der Waals surface area (Å²) in [7, 11) is 0. The Balaban J connectivity index is 2.98. The fourth-order valence-corrected chi connectivity index (χ4v) is 1.62. The summed E-state index contributed by atoms with van der Waals surface area (Å²) in [6.07, 6.45) is 3.78. The van der Waals surface area contributed by atoms with Crippen LogP contribution in [0.2, 0.25) is 0 Å². The number of hydrogen-bond donors (Lipinski definition) is 0. The van der Waals surface area contributed by atoms with E-state index in [4.69, 9.17) is 4.74 Å². The van der Waals surface area contributed by atoms with Crippen LogP contribution < -0.4 is 0 Å². The lowest BCUT2D eigenvalue weighted by atomic mass is 9.73. The highest BCUT2D eigenvalue weighted by Gasteiger charge is 2.45. The largest absolute Gasteiger partial charge is 0.477 e. The van der Waals surface area contributed by atoms with Crippen LogP contribution in [0.3, 0.4) is 0 Å². The summed E-state index contributed by atoms with van der Waals surface area (Å²) in [5.41, 5.74) is -0.761. The predicted octanol–water partition coefficient (Wildman–Crippen LogP) is 3.01. The Morgan fingerprint density at radius 3 is 2.46 bits per heavy atom. The van der Waals surface area contributed by atoms with E-state index >= 15 is 0 Å². The number of ether oxygens (including phenoxy) is 1. The van der Waals surface area contributed by atoms with Crippen LogP contribution >= 0.6 is 0 Å². The van der Waals surface area contributed by atoms with Gasteiger partial charge >= 0.3 is 0 Å². The monoisotopic (exact) mass is 179 g/mol. The summed E-state index contributed by atoms with van der Waals surface area (Å²) < 4.78 is 5.69. The van der Waals surface area contributed by atoms with Gasteiger partial charge in [0.2, 0.25) is 0 Å². The summed E-state index contributed by atoms with van der Waals surface area (Å²) in [4.78, 5) is 0. The van der Waals surface area contributed by atoms with Crippen LogP contribution in [-0.4, -0.2) is 5.60 Å². The van der Waals surface area contributed by atoms with Crippen molar-refractivity contribution in [3.63, 3.8) is 0 Å². The van der Waals surface area contributed by atoms with Crippen molar-refractivity contribution in [3.8, 4) is 6.07 Å². The second kappa shape index (κ2) is 3.06. The van der Waals surface area contributed by atoms with Gasteiger partial charge < -0.3 is 4.74 Å². The Morgan fingerprint density at radius 2 is 2.15 bits per heavy atom. The smallest absolute Gasteiger partial charge is 0.198 e. The van der Waals surface area contributed by atoms with Crippen LogP contribution in [0, 0.1) is 16.7 Å². The van der Waals surface area contributed by atoms with Gasteiger partial charge in [-0.05, 0) is 19.4 Å². The highest BCUT2D eigenvalue weighted by molar-refractivity contribution is 5.15. The Kier molecular flexibility index (Phi) is 2.38. The molecule has 1 unspecified atom stereocenters. The van der Waals surface area contributed by atoms with Gasteiger partial charge in [-0.3, -0.25) is 0 Å². The number of rotatable bonds is 0. The second-order valence-corrected chi connectivity index (χ2v) is 4.64. The highest BCUT2D eigenvalue weighted by atomic mass is 16.5. The molecule has 1 heterocycles. The molecule has 72 valence electrons. The van der Waals surface area contributed by atoms with E-state index < -0.39 is 5.60 Å². The van der Waals surface area contributed by atoms with Crippen molar-refractivity contribution in [3.05, 3.63) is 11.8 Å². The fraction of sp³-hybridized carbons (Fsp3) is 0.727. The first kappa shape index (κ1) is 10.1. The molecule has 0 aliphatic carbocycles. The lowest BCUT2D eigenvalue weighted by molar-refractivity contribution is -0.0498. The van der Waals surface area contributed by atoms with Crippen LogP contribution in [0.25, 0.3) is 0 Å². The van der Waals surface area contributed by atoms with Crippen molar-refractivity contribution in [2.75, 3.05) is 0 Å². The summed E-state index contributed by atoms with van der Waals surface area (Å²) in [5, 5.41) is 9.19. The minimum absolute atomic E-state index is 0.128. The SMILES string of the molecule is CC1=CCCC(C#N)(C(C)(C)C)O1. The maximum Gasteiger partial charge on any atom is 0.198 e. The molecule has 0 aromatic rings. The molecule has 1 atom stereocenters. The van der Waals surface area contributed by atoms with Gasteiger partial charge in [-0.2, -0.15) is 5.26 Å². The third-order valence-corrected chi connectivity index (χ3v) is 2.66. The molecule has 2 nitrogen and oxygen atoms in total. The van der Waals surface area contributed by atoms with E-state index in [0.29, 0.717) is 0 Å². The Morgan fingerprint density at radius 1 is 1.54 bits per heavy atom. The number of nitriles is 1. The van der Waals surface area contributed by atoms with Crippen LogP contribution in [0.4, 0.5) is 0 Å². The molecule has 1 aliphatic rings. The first-order valence-corrected chi connectivity index (χ1v) is 4.68. The molecule has 1 aliphatic heterocycles. The van der Waals surface area contributed by atoms with Crippen molar-refractivity contribution < 1.29 is 4.74 Å². The molecule has 0 amide bonds.